The van der Waals surface area contributed by atoms with Gasteiger partial charge in [-0.1, -0.05) is 51.3 Å². The van der Waals surface area contributed by atoms with Crippen molar-refractivity contribution in [2.75, 3.05) is 6.61 Å². The molecule has 2 aromatic rings. The summed E-state index contributed by atoms with van der Waals surface area (Å²) in [6, 6.07) is 9.56. The van der Waals surface area contributed by atoms with Crippen LogP contribution in [0.3, 0.4) is 0 Å². The third-order valence-corrected chi connectivity index (χ3v) is 4.78. The van der Waals surface area contributed by atoms with Crippen LogP contribution in [0.4, 0.5) is 19.4 Å². The smallest absolute Gasteiger partial charge is 0.310 e. The molecule has 0 aliphatic heterocycles. The SMILES string of the molecule is CCCCCOc1ccc(COc2ccc(S(F)(F)(F)(F)F)cc2)cc1. The summed E-state index contributed by atoms with van der Waals surface area (Å²) in [4.78, 5) is -1.93. The number of unbranched alkanes of at least 4 members (excludes halogenated alkanes) is 2. The molecule has 0 bridgehead atoms. The fourth-order valence-corrected chi connectivity index (χ4v) is 2.83. The number of hydrogen-bond acceptors (Lipinski definition) is 2. The standard InChI is InChI=1S/C18H21F5O2S/c1-2-3-4-13-24-16-7-5-15(6-8-16)14-25-17-9-11-18(12-10-17)26(19,20,21,22)23/h5-12H,2-4,13-14H2,1H3. The quantitative estimate of drug-likeness (QED) is 0.323. The Bertz CT molecular complexity index is 712. The average Bonchev–Trinajstić information content (AvgIpc) is 2.56. The first-order valence-corrected chi connectivity index (χ1v) is 10.1. The van der Waals surface area contributed by atoms with Gasteiger partial charge < -0.3 is 9.47 Å². The van der Waals surface area contributed by atoms with Crippen LogP contribution in [-0.4, -0.2) is 6.61 Å². The summed E-state index contributed by atoms with van der Waals surface area (Å²) in [6.07, 6.45) is 3.20. The van der Waals surface area contributed by atoms with E-state index in [0.717, 1.165) is 42.7 Å². The van der Waals surface area contributed by atoms with E-state index in [1.165, 1.54) is 0 Å². The van der Waals surface area contributed by atoms with Gasteiger partial charge in [-0.05, 0) is 48.4 Å². The molecule has 0 atom stereocenters. The minimum Gasteiger partial charge on any atom is -0.494 e. The molecule has 0 radical (unpaired) electrons. The Morgan fingerprint density at radius 3 is 1.81 bits per heavy atom. The van der Waals surface area contributed by atoms with Gasteiger partial charge in [0.1, 0.15) is 23.0 Å². The Morgan fingerprint density at radius 1 is 0.731 bits per heavy atom. The lowest BCUT2D eigenvalue weighted by Gasteiger charge is -2.40. The molecule has 0 N–H and O–H groups in total. The van der Waals surface area contributed by atoms with Crippen LogP contribution in [0.25, 0.3) is 0 Å². The van der Waals surface area contributed by atoms with Crippen LogP contribution in [0, 0.1) is 0 Å². The first-order chi connectivity index (χ1) is 12.0. The average molecular weight is 396 g/mol. The Balaban J connectivity index is 1.89. The molecular weight excluding hydrogens is 375 g/mol. The van der Waals surface area contributed by atoms with E-state index < -0.39 is 15.1 Å². The summed E-state index contributed by atoms with van der Waals surface area (Å²) in [5.74, 6) is 0.806. The van der Waals surface area contributed by atoms with Gasteiger partial charge in [-0.25, -0.2) is 0 Å². The molecule has 8 heteroatoms. The lowest BCUT2D eigenvalue weighted by atomic mass is 10.2. The lowest BCUT2D eigenvalue weighted by Crippen LogP contribution is -2.05. The largest absolute Gasteiger partial charge is 0.494 e. The van der Waals surface area contributed by atoms with E-state index in [-0.39, 0.29) is 12.4 Å². The van der Waals surface area contributed by atoms with E-state index in [2.05, 4.69) is 6.92 Å². The first-order valence-electron chi connectivity index (χ1n) is 8.16. The minimum absolute atomic E-state index is 0.0792. The molecule has 0 saturated carbocycles. The Kier molecular flexibility index (Phi) is 5.46. The van der Waals surface area contributed by atoms with Gasteiger partial charge in [0.15, 0.2) is 0 Å². The van der Waals surface area contributed by atoms with Crippen molar-refractivity contribution >= 4 is 10.2 Å². The fourth-order valence-electron chi connectivity index (χ4n) is 2.18. The zero-order valence-corrected chi connectivity index (χ0v) is 15.1. The van der Waals surface area contributed by atoms with E-state index in [1.807, 2.05) is 0 Å². The monoisotopic (exact) mass is 396 g/mol. The van der Waals surface area contributed by atoms with Crippen LogP contribution in [0.5, 0.6) is 11.5 Å². The van der Waals surface area contributed by atoms with Gasteiger partial charge in [-0.2, -0.15) is 0 Å². The highest BCUT2D eigenvalue weighted by Crippen LogP contribution is 3.02. The van der Waals surface area contributed by atoms with Crippen molar-refractivity contribution in [3.05, 3.63) is 54.1 Å². The number of rotatable bonds is 9. The summed E-state index contributed by atoms with van der Waals surface area (Å²) in [5.41, 5.74) is 0.780. The molecule has 0 aliphatic rings. The Labute approximate surface area is 149 Å². The molecule has 0 aliphatic carbocycles. The van der Waals surface area contributed by atoms with Crippen molar-refractivity contribution in [1.82, 2.24) is 0 Å². The topological polar surface area (TPSA) is 18.5 Å². The highest BCUT2D eigenvalue weighted by atomic mass is 32.5. The van der Waals surface area contributed by atoms with Crippen molar-refractivity contribution in [1.29, 1.82) is 0 Å². The van der Waals surface area contributed by atoms with E-state index >= 15 is 0 Å². The molecule has 0 heterocycles. The summed E-state index contributed by atoms with van der Waals surface area (Å²) in [6.45, 7) is 2.85. The molecule has 2 nitrogen and oxygen atoms in total. The van der Waals surface area contributed by atoms with Gasteiger partial charge in [0.2, 0.25) is 0 Å². The normalized spacial score (nSPS) is 14.4. The number of benzene rings is 2. The van der Waals surface area contributed by atoms with Crippen LogP contribution < -0.4 is 9.47 Å². The molecule has 26 heavy (non-hydrogen) atoms. The summed E-state index contributed by atoms with van der Waals surface area (Å²) in [5, 5.41) is 0. The molecule has 2 aromatic carbocycles. The maximum absolute atomic E-state index is 12.6. The van der Waals surface area contributed by atoms with Crippen LogP contribution in [0.15, 0.2) is 53.4 Å². The summed E-state index contributed by atoms with van der Waals surface area (Å²) in [7, 11) is -9.64. The van der Waals surface area contributed by atoms with Gasteiger partial charge in [0.05, 0.1) is 6.61 Å². The molecule has 0 saturated heterocycles. The molecular formula is C18H21F5O2S. The predicted molar refractivity (Wildman–Crippen MR) is 93.6 cm³/mol. The van der Waals surface area contributed by atoms with Crippen molar-refractivity contribution in [2.24, 2.45) is 0 Å². The molecule has 0 spiro atoms. The van der Waals surface area contributed by atoms with Gasteiger partial charge in [0.25, 0.3) is 0 Å². The van der Waals surface area contributed by atoms with E-state index in [9.17, 15) is 19.4 Å². The van der Waals surface area contributed by atoms with E-state index in [4.69, 9.17) is 9.47 Å². The lowest BCUT2D eigenvalue weighted by molar-refractivity contribution is 0.301. The maximum atomic E-state index is 12.6. The summed E-state index contributed by atoms with van der Waals surface area (Å²) >= 11 is 0. The van der Waals surface area contributed by atoms with Crippen LogP contribution in [0.1, 0.15) is 31.7 Å². The van der Waals surface area contributed by atoms with Gasteiger partial charge >= 0.3 is 10.2 Å². The zero-order valence-electron chi connectivity index (χ0n) is 14.3. The Morgan fingerprint density at radius 2 is 1.27 bits per heavy atom. The van der Waals surface area contributed by atoms with Crippen molar-refractivity contribution in [3.8, 4) is 11.5 Å². The van der Waals surface area contributed by atoms with Crippen molar-refractivity contribution in [3.63, 3.8) is 0 Å². The second-order valence-corrected chi connectivity index (χ2v) is 8.34. The molecule has 146 valence electrons. The second-order valence-electron chi connectivity index (χ2n) is 5.93. The van der Waals surface area contributed by atoms with Gasteiger partial charge in [-0.15, -0.1) is 0 Å². The third-order valence-electron chi connectivity index (χ3n) is 3.61. The fraction of sp³-hybridized carbons (Fsp3) is 0.333. The minimum atomic E-state index is -9.64. The molecule has 2 rings (SSSR count). The van der Waals surface area contributed by atoms with Crippen LogP contribution in [0.2, 0.25) is 0 Å². The first kappa shape index (κ1) is 20.4. The molecule has 0 fully saturated rings. The van der Waals surface area contributed by atoms with Crippen LogP contribution in [-0.2, 0) is 6.61 Å². The van der Waals surface area contributed by atoms with Gasteiger partial charge in [0, 0.05) is 0 Å². The third kappa shape index (κ3) is 6.40. The van der Waals surface area contributed by atoms with Crippen molar-refractivity contribution < 1.29 is 28.9 Å². The Hall–Kier alpha value is -1.96. The van der Waals surface area contributed by atoms with Gasteiger partial charge in [-0.3, -0.25) is 0 Å². The van der Waals surface area contributed by atoms with Crippen molar-refractivity contribution in [2.45, 2.75) is 37.7 Å². The molecule has 0 unspecified atom stereocenters. The molecule has 0 aromatic heterocycles. The zero-order chi connectivity index (χ0) is 19.3. The van der Waals surface area contributed by atoms with Crippen LogP contribution >= 0.6 is 10.2 Å². The summed E-state index contributed by atoms with van der Waals surface area (Å²) < 4.78 is 74.1. The highest BCUT2D eigenvalue weighted by molar-refractivity contribution is 8.45. The number of ether oxygens (including phenoxy) is 2. The van der Waals surface area contributed by atoms with E-state index in [0.29, 0.717) is 18.7 Å². The van der Waals surface area contributed by atoms with E-state index in [1.54, 1.807) is 24.3 Å². The second kappa shape index (κ2) is 6.98. The molecule has 0 amide bonds. The number of halogens is 5. The maximum Gasteiger partial charge on any atom is 0.310 e. The predicted octanol–water partition coefficient (Wildman–Crippen LogP) is 7.49. The highest BCUT2D eigenvalue weighted by Gasteiger charge is 2.65. The number of hydrogen-bond donors (Lipinski definition) is 0.